The average Bonchev–Trinajstić information content (AvgIpc) is 3.17. The predicted molar refractivity (Wildman–Crippen MR) is 110 cm³/mol. The van der Waals surface area contributed by atoms with E-state index in [2.05, 4.69) is 22.7 Å². The minimum atomic E-state index is 0.0773. The predicted octanol–water partition coefficient (Wildman–Crippen LogP) is 4.49. The van der Waals surface area contributed by atoms with Crippen LogP contribution in [0.2, 0.25) is 0 Å². The van der Waals surface area contributed by atoms with E-state index in [1.54, 1.807) is 0 Å². The van der Waals surface area contributed by atoms with Gasteiger partial charge in [-0.15, -0.1) is 0 Å². The summed E-state index contributed by atoms with van der Waals surface area (Å²) in [5.41, 5.74) is 0.675. The number of carbonyl (C=O) groups is 1. The van der Waals surface area contributed by atoms with E-state index in [4.69, 9.17) is 4.74 Å². The van der Waals surface area contributed by atoms with Gasteiger partial charge in [-0.05, 0) is 50.2 Å². The summed E-state index contributed by atoms with van der Waals surface area (Å²) >= 11 is 0. The van der Waals surface area contributed by atoms with Crippen molar-refractivity contribution in [2.24, 2.45) is 5.92 Å². The van der Waals surface area contributed by atoms with Crippen LogP contribution >= 0.6 is 0 Å². The van der Waals surface area contributed by atoms with Gasteiger partial charge in [0.15, 0.2) is 0 Å². The van der Waals surface area contributed by atoms with Crippen LogP contribution < -0.4 is 4.74 Å². The maximum atomic E-state index is 13.2. The molecule has 5 heteroatoms. The molecule has 2 fully saturated rings. The molecule has 1 aliphatic carbocycles. The summed E-state index contributed by atoms with van der Waals surface area (Å²) in [6.45, 7) is 5.33. The average molecular weight is 382 g/mol. The Labute approximate surface area is 167 Å². The smallest absolute Gasteiger partial charge is 0.257 e. The van der Waals surface area contributed by atoms with Crippen molar-refractivity contribution in [3.05, 3.63) is 48.0 Å². The van der Waals surface area contributed by atoms with E-state index in [1.807, 2.05) is 35.4 Å². The van der Waals surface area contributed by atoms with Gasteiger partial charge in [0.2, 0.25) is 0 Å². The summed E-state index contributed by atoms with van der Waals surface area (Å²) in [5, 5.41) is 0. The molecule has 0 radical (unpaired) electrons. The van der Waals surface area contributed by atoms with E-state index in [0.29, 0.717) is 23.8 Å². The molecule has 0 spiro atoms. The molecule has 1 aliphatic heterocycles. The maximum Gasteiger partial charge on any atom is 0.257 e. The molecule has 1 saturated carbocycles. The second-order valence-corrected chi connectivity index (χ2v) is 8.17. The zero-order chi connectivity index (χ0) is 19.3. The minimum absolute atomic E-state index is 0.0773. The molecule has 2 heterocycles. The van der Waals surface area contributed by atoms with Crippen LogP contribution in [0.1, 0.15) is 67.5 Å². The van der Waals surface area contributed by atoms with Gasteiger partial charge in [-0.2, -0.15) is 0 Å². The number of imidazole rings is 1. The third-order valence-corrected chi connectivity index (χ3v) is 6.08. The number of para-hydroxylation sites is 1. The molecule has 28 heavy (non-hydrogen) atoms. The number of piperidine rings is 1. The van der Waals surface area contributed by atoms with Crippen molar-refractivity contribution in [1.82, 2.24) is 14.5 Å². The number of hydrogen-bond donors (Lipinski definition) is 0. The molecule has 0 bridgehead atoms. The summed E-state index contributed by atoms with van der Waals surface area (Å²) < 4.78 is 8.15. The van der Waals surface area contributed by atoms with E-state index in [1.165, 1.54) is 19.3 Å². The number of amides is 1. The van der Waals surface area contributed by atoms with E-state index < -0.39 is 0 Å². The van der Waals surface area contributed by atoms with Gasteiger partial charge in [0.1, 0.15) is 11.6 Å². The van der Waals surface area contributed by atoms with Crippen LogP contribution in [-0.2, 0) is 6.54 Å². The van der Waals surface area contributed by atoms with Crippen LogP contribution in [0.3, 0.4) is 0 Å². The zero-order valence-corrected chi connectivity index (χ0v) is 16.8. The molecular formula is C23H31N3O2. The maximum absolute atomic E-state index is 13.2. The highest BCUT2D eigenvalue weighted by Crippen LogP contribution is 2.32. The molecule has 0 N–H and O–H groups in total. The Morgan fingerprint density at radius 3 is 2.86 bits per heavy atom. The molecule has 5 nitrogen and oxygen atoms in total. The number of benzene rings is 1. The van der Waals surface area contributed by atoms with Crippen LogP contribution in [0, 0.1) is 5.92 Å². The lowest BCUT2D eigenvalue weighted by atomic mass is 9.85. The molecule has 1 aromatic heterocycles. The lowest BCUT2D eigenvalue weighted by Crippen LogP contribution is -2.40. The number of nitrogens with zero attached hydrogens (tertiary/aromatic N) is 3. The first-order chi connectivity index (χ1) is 13.8. The fourth-order valence-corrected chi connectivity index (χ4v) is 4.31. The number of ether oxygens (including phenoxy) is 1. The number of hydrogen-bond acceptors (Lipinski definition) is 3. The molecule has 1 aromatic carbocycles. The highest BCUT2D eigenvalue weighted by Gasteiger charge is 2.30. The van der Waals surface area contributed by atoms with Crippen LogP contribution in [0.25, 0.3) is 0 Å². The Morgan fingerprint density at radius 1 is 1.21 bits per heavy atom. The Hall–Kier alpha value is -2.30. The summed E-state index contributed by atoms with van der Waals surface area (Å²) in [5.74, 6) is 3.05. The quantitative estimate of drug-likeness (QED) is 0.710. The van der Waals surface area contributed by atoms with Gasteiger partial charge in [0.25, 0.3) is 5.91 Å². The van der Waals surface area contributed by atoms with Crippen molar-refractivity contribution in [3.8, 4) is 5.75 Å². The Kier molecular flexibility index (Phi) is 5.98. The van der Waals surface area contributed by atoms with Crippen molar-refractivity contribution in [3.63, 3.8) is 0 Å². The van der Waals surface area contributed by atoms with E-state index in [-0.39, 0.29) is 5.91 Å². The molecule has 1 atom stereocenters. The summed E-state index contributed by atoms with van der Waals surface area (Å²) in [7, 11) is 0. The second-order valence-electron chi connectivity index (χ2n) is 8.17. The van der Waals surface area contributed by atoms with Crippen molar-refractivity contribution >= 4 is 5.91 Å². The third-order valence-electron chi connectivity index (χ3n) is 6.08. The number of likely N-dealkylation sites (tertiary alicyclic amines) is 1. The highest BCUT2D eigenvalue weighted by atomic mass is 16.5. The first-order valence-electron chi connectivity index (χ1n) is 10.8. The van der Waals surface area contributed by atoms with E-state index in [9.17, 15) is 4.79 Å². The van der Waals surface area contributed by atoms with Crippen LogP contribution in [0.5, 0.6) is 5.75 Å². The van der Waals surface area contributed by atoms with Gasteiger partial charge in [-0.1, -0.05) is 25.5 Å². The third kappa shape index (κ3) is 4.08. The first-order valence-corrected chi connectivity index (χ1v) is 10.8. The lowest BCUT2D eigenvalue weighted by Gasteiger charge is -2.34. The number of carbonyl (C=O) groups excluding carboxylic acids is 1. The van der Waals surface area contributed by atoms with Gasteiger partial charge < -0.3 is 14.2 Å². The molecule has 1 amide bonds. The van der Waals surface area contributed by atoms with Crippen molar-refractivity contribution in [1.29, 1.82) is 0 Å². The van der Waals surface area contributed by atoms with E-state index >= 15 is 0 Å². The first kappa shape index (κ1) is 19.0. The normalized spacial score (nSPS) is 20.0. The molecule has 2 aromatic rings. The van der Waals surface area contributed by atoms with Crippen molar-refractivity contribution in [2.45, 2.75) is 57.9 Å². The van der Waals surface area contributed by atoms with Gasteiger partial charge >= 0.3 is 0 Å². The number of aromatic nitrogens is 2. The zero-order valence-electron chi connectivity index (χ0n) is 16.8. The standard InChI is InChI=1S/C23H31N3O2/c1-2-15-28-21-11-4-3-10-20(21)23(27)26-13-6-9-19(17-26)22-24-12-14-25(22)16-18-7-5-8-18/h3-4,10-12,14,18-19H,2,5-9,13,15-17H2,1H3. The van der Waals surface area contributed by atoms with Gasteiger partial charge in [-0.3, -0.25) is 4.79 Å². The summed E-state index contributed by atoms with van der Waals surface area (Å²) in [6, 6.07) is 7.63. The van der Waals surface area contributed by atoms with Crippen molar-refractivity contribution in [2.75, 3.05) is 19.7 Å². The highest BCUT2D eigenvalue weighted by molar-refractivity contribution is 5.97. The lowest BCUT2D eigenvalue weighted by molar-refractivity contribution is 0.0698. The SMILES string of the molecule is CCCOc1ccccc1C(=O)N1CCCC(c2nccn2CC2CCC2)C1. The molecular weight excluding hydrogens is 350 g/mol. The van der Waals surface area contributed by atoms with Crippen molar-refractivity contribution < 1.29 is 9.53 Å². The van der Waals surface area contributed by atoms with Gasteiger partial charge in [0, 0.05) is 37.9 Å². The van der Waals surface area contributed by atoms with Crippen LogP contribution in [-0.4, -0.2) is 40.1 Å². The largest absolute Gasteiger partial charge is 0.493 e. The molecule has 2 aliphatic rings. The molecule has 1 saturated heterocycles. The molecule has 1 unspecified atom stereocenters. The summed E-state index contributed by atoms with van der Waals surface area (Å²) in [6.07, 6.45) is 11.1. The second kappa shape index (κ2) is 8.80. The number of rotatable bonds is 7. The topological polar surface area (TPSA) is 47.4 Å². The van der Waals surface area contributed by atoms with Crippen LogP contribution in [0.4, 0.5) is 0 Å². The fraction of sp³-hybridized carbons (Fsp3) is 0.565. The fourth-order valence-electron chi connectivity index (χ4n) is 4.31. The van der Waals surface area contributed by atoms with E-state index in [0.717, 1.165) is 50.6 Å². The Balaban J connectivity index is 1.47. The monoisotopic (exact) mass is 381 g/mol. The Bertz CT molecular complexity index is 797. The summed E-state index contributed by atoms with van der Waals surface area (Å²) in [4.78, 5) is 19.9. The van der Waals surface area contributed by atoms with Gasteiger partial charge in [0.05, 0.1) is 12.2 Å². The van der Waals surface area contributed by atoms with Crippen LogP contribution in [0.15, 0.2) is 36.7 Å². The molecule has 4 rings (SSSR count). The minimum Gasteiger partial charge on any atom is -0.493 e. The Morgan fingerprint density at radius 2 is 2.07 bits per heavy atom. The van der Waals surface area contributed by atoms with Gasteiger partial charge in [-0.25, -0.2) is 4.98 Å². The molecule has 150 valence electrons.